The molecule has 0 unspecified atom stereocenters. The predicted octanol–water partition coefficient (Wildman–Crippen LogP) is 6.34. The molecule has 3 aromatic rings. The zero-order valence-electron chi connectivity index (χ0n) is 23.5. The van der Waals surface area contributed by atoms with Crippen LogP contribution in [-0.4, -0.2) is 59.5 Å². The summed E-state index contributed by atoms with van der Waals surface area (Å²) in [6, 6.07) is 19.6. The van der Waals surface area contributed by atoms with E-state index in [0.717, 1.165) is 52.6 Å². The molecule has 2 aliphatic rings. The van der Waals surface area contributed by atoms with E-state index in [-0.39, 0.29) is 24.0 Å². The number of rotatable bonds is 9. The van der Waals surface area contributed by atoms with E-state index in [1.54, 1.807) is 48.5 Å². The van der Waals surface area contributed by atoms with Crippen LogP contribution in [0.3, 0.4) is 0 Å². The number of methoxy groups -OCH3 is 1. The number of thioether (sulfide) groups is 1. The van der Waals surface area contributed by atoms with Crippen LogP contribution in [0.5, 0.6) is 11.5 Å². The number of piperidine rings is 1. The first-order valence-corrected chi connectivity index (χ1v) is 15.4. The molecule has 43 heavy (non-hydrogen) atoms. The van der Waals surface area contributed by atoms with Gasteiger partial charge in [-0.25, -0.2) is 0 Å². The van der Waals surface area contributed by atoms with Gasteiger partial charge in [0.25, 0.3) is 17.1 Å². The molecular formula is C32H30BrN3O6S. The fourth-order valence-electron chi connectivity index (χ4n) is 4.74. The molecule has 2 heterocycles. The Morgan fingerprint density at radius 1 is 0.953 bits per heavy atom. The van der Waals surface area contributed by atoms with E-state index in [1.165, 1.54) is 13.5 Å². The van der Waals surface area contributed by atoms with Gasteiger partial charge in [0.1, 0.15) is 13.2 Å². The Morgan fingerprint density at radius 3 is 2.37 bits per heavy atom. The highest BCUT2D eigenvalue weighted by molar-refractivity contribution is 9.10. The van der Waals surface area contributed by atoms with Crippen molar-refractivity contribution in [2.75, 3.05) is 32.1 Å². The van der Waals surface area contributed by atoms with Gasteiger partial charge in [0.15, 0.2) is 11.5 Å². The number of likely N-dealkylation sites (tertiary alicyclic amines) is 1. The van der Waals surface area contributed by atoms with Crippen molar-refractivity contribution in [3.05, 3.63) is 92.8 Å². The number of amides is 4. The van der Waals surface area contributed by atoms with Crippen molar-refractivity contribution >= 4 is 62.4 Å². The molecule has 2 aliphatic heterocycles. The lowest BCUT2D eigenvalue weighted by Gasteiger charge is -2.26. The summed E-state index contributed by atoms with van der Waals surface area (Å²) in [5, 5.41) is 2.17. The summed E-state index contributed by atoms with van der Waals surface area (Å²) < 4.78 is 12.4. The Hall–Kier alpha value is -4.09. The molecule has 0 aromatic heterocycles. The maximum atomic E-state index is 12.9. The van der Waals surface area contributed by atoms with E-state index in [1.807, 2.05) is 29.2 Å². The van der Waals surface area contributed by atoms with E-state index >= 15 is 0 Å². The first-order valence-electron chi connectivity index (χ1n) is 13.8. The fraction of sp³-hybridized carbons (Fsp3) is 0.250. The Morgan fingerprint density at radius 2 is 1.67 bits per heavy atom. The first-order chi connectivity index (χ1) is 20.8. The van der Waals surface area contributed by atoms with Crippen LogP contribution >= 0.6 is 27.7 Å². The molecule has 1 N–H and O–H groups in total. The molecule has 0 aliphatic carbocycles. The summed E-state index contributed by atoms with van der Waals surface area (Å²) >= 11 is 4.11. The van der Waals surface area contributed by atoms with E-state index in [4.69, 9.17) is 9.47 Å². The van der Waals surface area contributed by atoms with E-state index < -0.39 is 17.1 Å². The van der Waals surface area contributed by atoms with Crippen LogP contribution in [0.15, 0.2) is 76.1 Å². The predicted molar refractivity (Wildman–Crippen MR) is 169 cm³/mol. The third-order valence-electron chi connectivity index (χ3n) is 7.03. The molecule has 3 aromatic carbocycles. The first kappa shape index (κ1) is 30.4. The second kappa shape index (κ2) is 13.9. The smallest absolute Gasteiger partial charge is 0.294 e. The van der Waals surface area contributed by atoms with E-state index in [0.29, 0.717) is 28.3 Å². The van der Waals surface area contributed by atoms with Crippen molar-refractivity contribution in [1.29, 1.82) is 0 Å². The van der Waals surface area contributed by atoms with Gasteiger partial charge >= 0.3 is 0 Å². The van der Waals surface area contributed by atoms with Gasteiger partial charge in [0.05, 0.1) is 12.0 Å². The van der Waals surface area contributed by atoms with E-state index in [9.17, 15) is 19.2 Å². The van der Waals surface area contributed by atoms with Crippen molar-refractivity contribution in [2.45, 2.75) is 25.9 Å². The molecule has 4 amide bonds. The monoisotopic (exact) mass is 663 g/mol. The van der Waals surface area contributed by atoms with Crippen LogP contribution in [0, 0.1) is 0 Å². The molecular weight excluding hydrogens is 634 g/mol. The molecule has 0 radical (unpaired) electrons. The molecule has 0 saturated carbocycles. The third-order valence-corrected chi connectivity index (χ3v) is 8.46. The van der Waals surface area contributed by atoms with Gasteiger partial charge in [-0.2, -0.15) is 0 Å². The molecule has 9 nitrogen and oxygen atoms in total. The molecule has 5 rings (SSSR count). The average Bonchev–Trinajstić information content (AvgIpc) is 3.28. The minimum Gasteiger partial charge on any atom is -0.493 e. The van der Waals surface area contributed by atoms with Crippen LogP contribution in [-0.2, 0) is 16.2 Å². The highest BCUT2D eigenvalue weighted by Crippen LogP contribution is 2.35. The maximum absolute atomic E-state index is 12.9. The summed E-state index contributed by atoms with van der Waals surface area (Å²) in [7, 11) is 1.52. The van der Waals surface area contributed by atoms with Crippen molar-refractivity contribution in [3.63, 3.8) is 0 Å². The lowest BCUT2D eigenvalue weighted by molar-refractivity contribution is -0.127. The Bertz CT molecular complexity index is 1550. The molecule has 2 saturated heterocycles. The summed E-state index contributed by atoms with van der Waals surface area (Å²) in [6.07, 6.45) is 4.86. The molecule has 11 heteroatoms. The number of halogens is 1. The van der Waals surface area contributed by atoms with Gasteiger partial charge < -0.3 is 19.7 Å². The number of hydrogen-bond donors (Lipinski definition) is 1. The third kappa shape index (κ3) is 7.66. The Labute approximate surface area is 262 Å². The van der Waals surface area contributed by atoms with Crippen LogP contribution in [0.1, 0.15) is 40.7 Å². The lowest BCUT2D eigenvalue weighted by atomic mass is 10.1. The standard InChI is InChI=1S/C32H30BrN3O6S/c1-41-27-17-22(18-28-31(39)36(32(40)43-28)19-29(37)34-25-12-10-24(33)11-13-25)7-14-26(27)42-20-21-5-8-23(9-6-21)30(38)35-15-3-2-4-16-35/h5-14,17-18H,2-4,15-16,19-20H2,1H3,(H,34,37)/b28-18-. The number of carbonyl (C=O) groups is 4. The van der Waals surface area contributed by atoms with Gasteiger partial charge in [-0.05, 0) is 96.8 Å². The van der Waals surface area contributed by atoms with Crippen molar-refractivity contribution in [1.82, 2.24) is 9.80 Å². The number of anilines is 1. The SMILES string of the molecule is COc1cc(/C=C2\SC(=O)N(CC(=O)Nc3ccc(Br)cc3)C2=O)ccc1OCc1ccc(C(=O)N2CCCCC2)cc1. The molecule has 0 atom stereocenters. The second-order valence-corrected chi connectivity index (χ2v) is 12.0. The normalized spacial score (nSPS) is 16.0. The minimum absolute atomic E-state index is 0.0613. The number of nitrogens with zero attached hydrogens (tertiary/aromatic N) is 2. The van der Waals surface area contributed by atoms with Crippen LogP contribution < -0.4 is 14.8 Å². The summed E-state index contributed by atoms with van der Waals surface area (Å²) in [5.41, 5.74) is 2.76. The Balaban J connectivity index is 1.19. The summed E-state index contributed by atoms with van der Waals surface area (Å²) in [4.78, 5) is 53.7. The molecule has 222 valence electrons. The average molecular weight is 665 g/mol. The summed E-state index contributed by atoms with van der Waals surface area (Å²) in [6.45, 7) is 1.50. The highest BCUT2D eigenvalue weighted by atomic mass is 79.9. The number of hydrogen-bond acceptors (Lipinski definition) is 7. The number of nitrogens with one attached hydrogen (secondary N) is 1. The van der Waals surface area contributed by atoms with Crippen molar-refractivity contribution in [3.8, 4) is 11.5 Å². The fourth-order valence-corrected chi connectivity index (χ4v) is 5.85. The van der Waals surface area contributed by atoms with Crippen LogP contribution in [0.2, 0.25) is 0 Å². The van der Waals surface area contributed by atoms with Gasteiger partial charge in [-0.3, -0.25) is 24.1 Å². The van der Waals surface area contributed by atoms with Gasteiger partial charge in [-0.1, -0.05) is 34.1 Å². The Kier molecular flexibility index (Phi) is 9.83. The quantitative estimate of drug-likeness (QED) is 0.267. The minimum atomic E-state index is -0.539. The molecule has 0 bridgehead atoms. The summed E-state index contributed by atoms with van der Waals surface area (Å²) in [5.74, 6) is 0.00981. The van der Waals surface area contributed by atoms with Gasteiger partial charge in [0.2, 0.25) is 5.91 Å². The second-order valence-electron chi connectivity index (χ2n) is 10.1. The van der Waals surface area contributed by atoms with Crippen molar-refractivity contribution in [2.24, 2.45) is 0 Å². The van der Waals surface area contributed by atoms with Gasteiger partial charge in [0, 0.05) is 28.8 Å². The van der Waals surface area contributed by atoms with Crippen LogP contribution in [0.25, 0.3) is 6.08 Å². The number of ether oxygens (including phenoxy) is 2. The molecule has 0 spiro atoms. The molecule has 2 fully saturated rings. The van der Waals surface area contributed by atoms with Crippen LogP contribution in [0.4, 0.5) is 10.5 Å². The zero-order valence-corrected chi connectivity index (χ0v) is 25.9. The van der Waals surface area contributed by atoms with Gasteiger partial charge in [-0.15, -0.1) is 0 Å². The number of imide groups is 1. The topological polar surface area (TPSA) is 105 Å². The van der Waals surface area contributed by atoms with Crippen molar-refractivity contribution < 1.29 is 28.7 Å². The largest absolute Gasteiger partial charge is 0.493 e. The van der Waals surface area contributed by atoms with E-state index in [2.05, 4.69) is 21.2 Å². The lowest BCUT2D eigenvalue weighted by Crippen LogP contribution is -2.36. The number of benzene rings is 3. The maximum Gasteiger partial charge on any atom is 0.294 e. The highest BCUT2D eigenvalue weighted by Gasteiger charge is 2.36. The zero-order chi connectivity index (χ0) is 30.3. The number of carbonyl (C=O) groups excluding carboxylic acids is 4.